The lowest BCUT2D eigenvalue weighted by molar-refractivity contribution is -0.145. The Balaban J connectivity index is 0.00000147. The van der Waals surface area contributed by atoms with E-state index in [0.717, 1.165) is 25.4 Å². The van der Waals surface area contributed by atoms with Crippen molar-refractivity contribution >= 4 is 18.3 Å². The van der Waals surface area contributed by atoms with Gasteiger partial charge in [0.2, 0.25) is 5.91 Å². The van der Waals surface area contributed by atoms with Crippen molar-refractivity contribution < 1.29 is 9.53 Å². The SMILES string of the molecule is C[C@@H]1CN(C(=O)C2CC3CCCCC3N2)C[C@H](C)O1.Cl. The van der Waals surface area contributed by atoms with Crippen LogP contribution < -0.4 is 5.32 Å². The second-order valence-electron chi connectivity index (χ2n) is 6.61. The Morgan fingerprint density at radius 3 is 2.45 bits per heavy atom. The van der Waals surface area contributed by atoms with Gasteiger partial charge >= 0.3 is 0 Å². The molecular weight excluding hydrogens is 276 g/mol. The topological polar surface area (TPSA) is 41.6 Å². The molecular formula is C15H27ClN2O2. The highest BCUT2D eigenvalue weighted by Crippen LogP contribution is 2.33. The Hall–Kier alpha value is -0.320. The van der Waals surface area contributed by atoms with Crippen molar-refractivity contribution in [3.63, 3.8) is 0 Å². The third-order valence-electron chi connectivity index (χ3n) is 4.89. The van der Waals surface area contributed by atoms with Gasteiger partial charge in [0, 0.05) is 19.1 Å². The van der Waals surface area contributed by atoms with E-state index < -0.39 is 0 Å². The second-order valence-corrected chi connectivity index (χ2v) is 6.61. The zero-order valence-corrected chi connectivity index (χ0v) is 13.3. The monoisotopic (exact) mass is 302 g/mol. The molecule has 5 atom stereocenters. The number of amides is 1. The molecule has 2 saturated heterocycles. The van der Waals surface area contributed by atoms with Gasteiger partial charge in [0.05, 0.1) is 18.2 Å². The molecule has 1 saturated carbocycles. The summed E-state index contributed by atoms with van der Waals surface area (Å²) >= 11 is 0. The minimum absolute atomic E-state index is 0. The Kier molecular flexibility index (Phi) is 5.32. The van der Waals surface area contributed by atoms with Crippen LogP contribution in [-0.4, -0.2) is 48.2 Å². The van der Waals surface area contributed by atoms with Gasteiger partial charge in [0.15, 0.2) is 0 Å². The van der Waals surface area contributed by atoms with Gasteiger partial charge < -0.3 is 15.0 Å². The van der Waals surface area contributed by atoms with E-state index in [1.54, 1.807) is 0 Å². The molecule has 0 bridgehead atoms. The van der Waals surface area contributed by atoms with Crippen molar-refractivity contribution in [2.45, 2.75) is 70.2 Å². The average Bonchev–Trinajstić information content (AvgIpc) is 2.80. The molecule has 2 heterocycles. The zero-order chi connectivity index (χ0) is 13.4. The van der Waals surface area contributed by atoms with Crippen LogP contribution in [0.3, 0.4) is 0 Å². The van der Waals surface area contributed by atoms with Crippen LogP contribution in [0, 0.1) is 5.92 Å². The Morgan fingerprint density at radius 2 is 1.80 bits per heavy atom. The third-order valence-corrected chi connectivity index (χ3v) is 4.89. The van der Waals surface area contributed by atoms with E-state index in [1.807, 2.05) is 4.90 Å². The highest BCUT2D eigenvalue weighted by atomic mass is 35.5. The van der Waals surface area contributed by atoms with Crippen LogP contribution in [0.1, 0.15) is 46.0 Å². The van der Waals surface area contributed by atoms with Gasteiger partial charge in [-0.3, -0.25) is 4.79 Å². The predicted octanol–water partition coefficient (Wildman–Crippen LogP) is 1.96. The van der Waals surface area contributed by atoms with Crippen molar-refractivity contribution in [3.8, 4) is 0 Å². The molecule has 0 aromatic rings. The van der Waals surface area contributed by atoms with E-state index in [4.69, 9.17) is 4.74 Å². The lowest BCUT2D eigenvalue weighted by Crippen LogP contribution is -2.53. The second kappa shape index (κ2) is 6.63. The van der Waals surface area contributed by atoms with E-state index >= 15 is 0 Å². The summed E-state index contributed by atoms with van der Waals surface area (Å²) in [5.74, 6) is 1.04. The number of nitrogens with one attached hydrogen (secondary N) is 1. The number of hydrogen-bond donors (Lipinski definition) is 1. The standard InChI is InChI=1S/C15H26N2O2.ClH/c1-10-8-17(9-11(2)19-10)15(18)14-7-12-5-3-4-6-13(12)16-14;/h10-14,16H,3-9H2,1-2H3;1H/t10-,11+,12?,13?,14?;. The molecule has 4 nitrogen and oxygen atoms in total. The molecule has 3 unspecified atom stereocenters. The van der Waals surface area contributed by atoms with Gasteiger partial charge in [-0.2, -0.15) is 0 Å². The Labute approximate surface area is 128 Å². The van der Waals surface area contributed by atoms with Gasteiger partial charge in [-0.05, 0) is 39.0 Å². The first kappa shape index (κ1) is 16.1. The van der Waals surface area contributed by atoms with E-state index in [1.165, 1.54) is 25.7 Å². The number of hydrogen-bond acceptors (Lipinski definition) is 3. The maximum Gasteiger partial charge on any atom is 0.239 e. The fourth-order valence-electron chi connectivity index (χ4n) is 4.09. The summed E-state index contributed by atoms with van der Waals surface area (Å²) in [6.45, 7) is 5.60. The molecule has 20 heavy (non-hydrogen) atoms. The van der Waals surface area contributed by atoms with Gasteiger partial charge in [-0.15, -0.1) is 12.4 Å². The Bertz CT molecular complexity index is 329. The van der Waals surface area contributed by atoms with Gasteiger partial charge in [0.1, 0.15) is 0 Å². The number of carbonyl (C=O) groups is 1. The van der Waals surface area contributed by atoms with Crippen LogP contribution in [0.25, 0.3) is 0 Å². The summed E-state index contributed by atoms with van der Waals surface area (Å²) in [6, 6.07) is 0.657. The minimum Gasteiger partial charge on any atom is -0.372 e. The van der Waals surface area contributed by atoms with Crippen LogP contribution in [0.4, 0.5) is 0 Å². The average molecular weight is 303 g/mol. The van der Waals surface area contributed by atoms with E-state index in [9.17, 15) is 4.79 Å². The first-order valence-electron chi connectivity index (χ1n) is 7.84. The zero-order valence-electron chi connectivity index (χ0n) is 12.5. The molecule has 2 aliphatic heterocycles. The quantitative estimate of drug-likeness (QED) is 0.805. The molecule has 1 aliphatic carbocycles. The highest BCUT2D eigenvalue weighted by Gasteiger charge is 2.40. The summed E-state index contributed by atoms with van der Waals surface area (Å²) in [7, 11) is 0. The number of nitrogens with zero attached hydrogens (tertiary/aromatic N) is 1. The number of ether oxygens (including phenoxy) is 1. The predicted molar refractivity (Wildman–Crippen MR) is 81.1 cm³/mol. The summed E-state index contributed by atoms with van der Waals surface area (Å²) in [6.07, 6.45) is 6.59. The van der Waals surface area contributed by atoms with Crippen LogP contribution >= 0.6 is 12.4 Å². The fraction of sp³-hybridized carbons (Fsp3) is 0.933. The highest BCUT2D eigenvalue weighted by molar-refractivity contribution is 5.85. The molecule has 5 heteroatoms. The summed E-state index contributed by atoms with van der Waals surface area (Å²) in [4.78, 5) is 14.7. The molecule has 1 amide bonds. The molecule has 0 aromatic carbocycles. The van der Waals surface area contributed by atoms with E-state index in [0.29, 0.717) is 11.9 Å². The molecule has 0 radical (unpaired) electrons. The number of rotatable bonds is 1. The van der Waals surface area contributed by atoms with Crippen molar-refractivity contribution in [3.05, 3.63) is 0 Å². The third kappa shape index (κ3) is 3.29. The first-order valence-corrected chi connectivity index (χ1v) is 7.84. The van der Waals surface area contributed by atoms with Crippen LogP contribution in [-0.2, 0) is 9.53 Å². The first-order chi connectivity index (χ1) is 9.13. The smallest absolute Gasteiger partial charge is 0.239 e. The van der Waals surface area contributed by atoms with E-state index in [2.05, 4.69) is 19.2 Å². The van der Waals surface area contributed by atoms with Crippen molar-refractivity contribution in [1.29, 1.82) is 0 Å². The van der Waals surface area contributed by atoms with Crippen molar-refractivity contribution in [2.75, 3.05) is 13.1 Å². The van der Waals surface area contributed by atoms with Crippen molar-refractivity contribution in [1.82, 2.24) is 10.2 Å². The number of morpholine rings is 1. The van der Waals surface area contributed by atoms with Gasteiger partial charge in [-0.25, -0.2) is 0 Å². The molecule has 1 N–H and O–H groups in total. The van der Waals surface area contributed by atoms with E-state index in [-0.39, 0.29) is 30.7 Å². The normalized spacial score (nSPS) is 40.9. The minimum atomic E-state index is 0. The summed E-state index contributed by atoms with van der Waals surface area (Å²) < 4.78 is 5.71. The largest absolute Gasteiger partial charge is 0.372 e. The number of halogens is 1. The molecule has 3 fully saturated rings. The lowest BCUT2D eigenvalue weighted by atomic mass is 9.85. The van der Waals surface area contributed by atoms with Crippen molar-refractivity contribution in [2.24, 2.45) is 5.92 Å². The molecule has 3 rings (SSSR count). The van der Waals surface area contributed by atoms with Crippen LogP contribution in [0.2, 0.25) is 0 Å². The molecule has 0 spiro atoms. The summed E-state index contributed by atoms with van der Waals surface area (Å²) in [5, 5.41) is 3.59. The molecule has 116 valence electrons. The number of carbonyl (C=O) groups excluding carboxylic acids is 1. The van der Waals surface area contributed by atoms with Gasteiger partial charge in [0.25, 0.3) is 0 Å². The maximum absolute atomic E-state index is 12.6. The maximum atomic E-state index is 12.6. The Morgan fingerprint density at radius 1 is 1.15 bits per heavy atom. The molecule has 3 aliphatic rings. The number of fused-ring (bicyclic) bond motifs is 1. The summed E-state index contributed by atoms with van der Waals surface area (Å²) in [5.41, 5.74) is 0. The van der Waals surface area contributed by atoms with Gasteiger partial charge in [-0.1, -0.05) is 12.8 Å². The van der Waals surface area contributed by atoms with Crippen LogP contribution in [0.15, 0.2) is 0 Å². The fourth-order valence-corrected chi connectivity index (χ4v) is 4.09. The van der Waals surface area contributed by atoms with Crippen LogP contribution in [0.5, 0.6) is 0 Å². The molecule has 0 aromatic heterocycles. The lowest BCUT2D eigenvalue weighted by Gasteiger charge is -2.36.